The van der Waals surface area contributed by atoms with Gasteiger partial charge >= 0.3 is 0 Å². The first kappa shape index (κ1) is 6.28. The van der Waals surface area contributed by atoms with Crippen LogP contribution in [0.3, 0.4) is 0 Å². The number of rotatable bonds is 0. The first-order valence-corrected chi connectivity index (χ1v) is 3.52. The largest absolute Gasteiger partial charge is 0.265 e. The van der Waals surface area contributed by atoms with E-state index in [-0.39, 0.29) is 0 Å². The lowest BCUT2D eigenvalue weighted by Crippen LogP contribution is -2.00. The predicted molar refractivity (Wildman–Crippen MR) is 37.3 cm³/mol. The standard InChI is InChI=1S/C5H3BrN.Al/c6-5-2-1-3-7-4-5;/h2-4H;. The molecule has 0 aliphatic rings. The maximum atomic E-state index is 3.92. The molecule has 1 nitrogen and oxygen atoms in total. The summed E-state index contributed by atoms with van der Waals surface area (Å²) in [5, 5.41) is 0. The fraction of sp³-hybridized carbons (Fsp3) is 0. The molecule has 0 aliphatic heterocycles. The zero-order valence-corrected chi connectivity index (χ0v) is 6.88. The summed E-state index contributed by atoms with van der Waals surface area (Å²) in [4.78, 5) is 3.92. The molecule has 0 aliphatic carbocycles. The van der Waals surface area contributed by atoms with Gasteiger partial charge in [0, 0.05) is 16.9 Å². The minimum Gasteiger partial charge on any atom is -0.265 e. The smallest absolute Gasteiger partial charge is 0.178 e. The Labute approximate surface area is 64.7 Å². The second-order valence-electron chi connectivity index (χ2n) is 1.44. The number of hydrogen-bond acceptors (Lipinski definition) is 1. The van der Waals surface area contributed by atoms with Crippen molar-refractivity contribution in [1.29, 1.82) is 0 Å². The van der Waals surface area contributed by atoms with Crippen LogP contribution in [-0.4, -0.2) is 21.3 Å². The van der Waals surface area contributed by atoms with Crippen molar-refractivity contribution >= 4 is 36.6 Å². The van der Waals surface area contributed by atoms with Crippen LogP contribution in [0.1, 0.15) is 0 Å². The van der Waals surface area contributed by atoms with E-state index in [1.54, 1.807) is 12.4 Å². The lowest BCUT2D eigenvalue weighted by Gasteiger charge is -1.89. The average molecular weight is 184 g/mol. The van der Waals surface area contributed by atoms with Crippen LogP contribution in [0, 0.1) is 0 Å². The summed E-state index contributed by atoms with van der Waals surface area (Å²) in [6.45, 7) is 0. The first-order valence-electron chi connectivity index (χ1n) is 2.15. The number of nitrogens with zero attached hydrogens (tertiary/aromatic N) is 1. The molecule has 0 saturated carbocycles. The number of halogens is 1. The number of hydrogen-bond donors (Lipinski definition) is 0. The van der Waals surface area contributed by atoms with Gasteiger partial charge in [-0.1, -0.05) is 6.07 Å². The molecule has 3 heteroatoms. The van der Waals surface area contributed by atoms with Crippen LogP contribution in [0.2, 0.25) is 0 Å². The van der Waals surface area contributed by atoms with Crippen LogP contribution in [0.25, 0.3) is 0 Å². The average Bonchev–Trinajstić information content (AvgIpc) is 1.64. The van der Waals surface area contributed by atoms with Crippen molar-refractivity contribution in [2.24, 2.45) is 0 Å². The van der Waals surface area contributed by atoms with Crippen LogP contribution in [-0.2, 0) is 0 Å². The minimum absolute atomic E-state index is 1.02. The zero-order valence-electron chi connectivity index (χ0n) is 4.13. The van der Waals surface area contributed by atoms with Crippen molar-refractivity contribution in [1.82, 2.24) is 4.98 Å². The minimum atomic E-state index is 1.02. The molecule has 8 heavy (non-hydrogen) atoms. The van der Waals surface area contributed by atoms with E-state index < -0.39 is 0 Å². The summed E-state index contributed by atoms with van der Waals surface area (Å²) < 4.78 is 2.12. The van der Waals surface area contributed by atoms with Crippen molar-refractivity contribution in [3.8, 4) is 0 Å². The first-order chi connectivity index (χ1) is 3.79. The molecule has 0 amide bonds. The molecule has 2 radical (unpaired) electrons. The molecule has 0 N–H and O–H groups in total. The van der Waals surface area contributed by atoms with Gasteiger partial charge in [-0.05, 0) is 15.9 Å². The monoisotopic (exact) mass is 183 g/mol. The Kier molecular flexibility index (Phi) is 2.07. The Balaban J connectivity index is 3.08. The van der Waals surface area contributed by atoms with Gasteiger partial charge in [0.2, 0.25) is 0 Å². The quantitative estimate of drug-likeness (QED) is 0.539. The molecule has 1 heterocycles. The maximum absolute atomic E-state index is 3.92. The highest BCUT2D eigenvalue weighted by atomic mass is 79.9. The van der Waals surface area contributed by atoms with E-state index in [4.69, 9.17) is 0 Å². The third-order valence-electron chi connectivity index (χ3n) is 0.726. The topological polar surface area (TPSA) is 12.9 Å². The Bertz CT molecular complexity index is 172. The fourth-order valence-electron chi connectivity index (χ4n) is 0.428. The van der Waals surface area contributed by atoms with Crippen molar-refractivity contribution < 1.29 is 0 Å². The van der Waals surface area contributed by atoms with Gasteiger partial charge < -0.3 is 0 Å². The summed E-state index contributed by atoms with van der Waals surface area (Å²) in [5.74, 6) is 0. The van der Waals surface area contributed by atoms with Gasteiger partial charge in [0.1, 0.15) is 0 Å². The number of aromatic nitrogens is 1. The van der Waals surface area contributed by atoms with Crippen LogP contribution < -0.4 is 4.43 Å². The van der Waals surface area contributed by atoms with E-state index in [0.717, 1.165) is 8.90 Å². The molecule has 0 spiro atoms. The molecule has 0 saturated heterocycles. The summed E-state index contributed by atoms with van der Waals surface area (Å²) in [6, 6.07) is 1.98. The lowest BCUT2D eigenvalue weighted by molar-refractivity contribution is 1.33. The molecule has 1 rings (SSSR count). The van der Waals surface area contributed by atoms with Crippen LogP contribution in [0.5, 0.6) is 0 Å². The van der Waals surface area contributed by atoms with Crippen LogP contribution in [0.4, 0.5) is 0 Å². The Morgan fingerprint density at radius 2 is 2.25 bits per heavy atom. The predicted octanol–water partition coefficient (Wildman–Crippen LogP) is 0.638. The molecule has 0 aromatic carbocycles. The second kappa shape index (κ2) is 2.63. The normalized spacial score (nSPS) is 9.12. The third-order valence-corrected chi connectivity index (χ3v) is 1.48. The van der Waals surface area contributed by atoms with Gasteiger partial charge in [0.25, 0.3) is 0 Å². The fourth-order valence-corrected chi connectivity index (χ4v) is 1.32. The van der Waals surface area contributed by atoms with Crippen molar-refractivity contribution in [2.45, 2.75) is 0 Å². The maximum Gasteiger partial charge on any atom is 0.178 e. The molecular formula is C5H3AlBrN. The van der Waals surface area contributed by atoms with Crippen molar-refractivity contribution in [3.05, 3.63) is 22.9 Å². The molecular weight excluding hydrogens is 181 g/mol. The van der Waals surface area contributed by atoms with Crippen LogP contribution in [0.15, 0.2) is 22.9 Å². The van der Waals surface area contributed by atoms with E-state index in [1.165, 1.54) is 0 Å². The van der Waals surface area contributed by atoms with Gasteiger partial charge in [-0.2, -0.15) is 0 Å². The van der Waals surface area contributed by atoms with Gasteiger partial charge in [-0.3, -0.25) is 4.98 Å². The highest BCUT2D eigenvalue weighted by Crippen LogP contribution is 2.01. The third kappa shape index (κ3) is 1.59. The summed E-state index contributed by atoms with van der Waals surface area (Å²) >= 11 is 5.86. The summed E-state index contributed by atoms with van der Waals surface area (Å²) in [6.07, 6.45) is 3.54. The zero-order chi connectivity index (χ0) is 5.98. The molecule has 0 bridgehead atoms. The molecule has 38 valence electrons. The van der Waals surface area contributed by atoms with E-state index in [9.17, 15) is 0 Å². The van der Waals surface area contributed by atoms with E-state index in [0.29, 0.717) is 0 Å². The molecule has 1 aromatic rings. The van der Waals surface area contributed by atoms with Gasteiger partial charge in [0.15, 0.2) is 16.3 Å². The summed E-state index contributed by atoms with van der Waals surface area (Å²) in [5.41, 5.74) is 0. The molecule has 0 unspecified atom stereocenters. The molecule has 0 fully saturated rings. The van der Waals surface area contributed by atoms with Crippen molar-refractivity contribution in [2.75, 3.05) is 0 Å². The van der Waals surface area contributed by atoms with Gasteiger partial charge in [-0.25, -0.2) is 0 Å². The van der Waals surface area contributed by atoms with Crippen molar-refractivity contribution in [3.63, 3.8) is 0 Å². The van der Waals surface area contributed by atoms with E-state index in [1.807, 2.05) is 6.07 Å². The van der Waals surface area contributed by atoms with E-state index in [2.05, 4.69) is 37.2 Å². The molecule has 0 atom stereocenters. The highest BCUT2D eigenvalue weighted by Gasteiger charge is 1.82. The lowest BCUT2D eigenvalue weighted by atomic mass is 10.5. The van der Waals surface area contributed by atoms with Gasteiger partial charge in [-0.15, -0.1) is 4.43 Å². The van der Waals surface area contributed by atoms with E-state index >= 15 is 0 Å². The molecule has 1 aromatic heterocycles. The highest BCUT2D eigenvalue weighted by molar-refractivity contribution is 9.10. The Hall–Kier alpha value is 0.162. The van der Waals surface area contributed by atoms with Crippen LogP contribution >= 0.6 is 15.9 Å². The Morgan fingerprint density at radius 3 is 2.62 bits per heavy atom. The second-order valence-corrected chi connectivity index (χ2v) is 3.02. The van der Waals surface area contributed by atoms with Gasteiger partial charge in [0.05, 0.1) is 0 Å². The number of pyridine rings is 1. The SMILES string of the molecule is [Al][c]1cncc(Br)c1. The Morgan fingerprint density at radius 1 is 1.50 bits per heavy atom. The summed E-state index contributed by atoms with van der Waals surface area (Å²) in [7, 11) is 0.